The number of hydrogen-bond donors (Lipinski definition) is 0. The van der Waals surface area contributed by atoms with Gasteiger partial charge in [-0.15, -0.1) is 0 Å². The summed E-state index contributed by atoms with van der Waals surface area (Å²) in [5.41, 5.74) is 0.0139. The van der Waals surface area contributed by atoms with Crippen LogP contribution in [0.5, 0.6) is 5.88 Å². The maximum Gasteiger partial charge on any atom is 0.330 e. The fourth-order valence-electron chi connectivity index (χ4n) is 0.744. The minimum absolute atomic E-state index is 0.0331. The van der Waals surface area contributed by atoms with Crippen molar-refractivity contribution in [2.45, 2.75) is 0 Å². The van der Waals surface area contributed by atoms with Crippen molar-refractivity contribution in [1.29, 1.82) is 0 Å². The van der Waals surface area contributed by atoms with Crippen LogP contribution in [0, 0.1) is 10.1 Å². The molecule has 0 saturated heterocycles. The average molecular weight is 164 g/mol. The minimum Gasteiger partial charge on any atom is -0.476 e. The molecule has 6 heteroatoms. The zero-order valence-corrected chi connectivity index (χ0v) is 6.35. The third-order valence-electron chi connectivity index (χ3n) is 1.24. The zero-order chi connectivity index (χ0) is 9.14. The fraction of sp³-hybridized carbons (Fsp3) is 0.167. The molecule has 5 nitrogen and oxygen atoms in total. The van der Waals surface area contributed by atoms with Crippen LogP contribution in [-0.2, 0) is 0 Å². The van der Waals surface area contributed by atoms with E-state index in [9.17, 15) is 10.1 Å². The molecule has 0 N–H and O–H groups in total. The predicted molar refractivity (Wildman–Crippen MR) is 42.8 cm³/mol. The molecule has 1 aromatic heterocycles. The molecule has 12 heavy (non-hydrogen) atoms. The van der Waals surface area contributed by atoms with E-state index in [1.165, 1.54) is 19.4 Å². The van der Waals surface area contributed by atoms with Gasteiger partial charge in [-0.25, -0.2) is 4.98 Å². The van der Waals surface area contributed by atoms with Crippen LogP contribution >= 0.6 is 0 Å². The van der Waals surface area contributed by atoms with E-state index in [1.807, 2.05) is 0 Å². The molecule has 0 bridgehead atoms. The molecule has 0 aliphatic rings. The SMILES string of the molecule is [B]c1cnc(OC)c([N+](=O)[O-])c1. The van der Waals surface area contributed by atoms with Gasteiger partial charge in [0.15, 0.2) is 0 Å². The Hall–Kier alpha value is -1.59. The van der Waals surface area contributed by atoms with Crippen molar-refractivity contribution in [3.8, 4) is 5.88 Å². The lowest BCUT2D eigenvalue weighted by Crippen LogP contribution is -2.06. The maximum atomic E-state index is 10.4. The lowest BCUT2D eigenvalue weighted by molar-refractivity contribution is -0.386. The van der Waals surface area contributed by atoms with Gasteiger partial charge >= 0.3 is 5.69 Å². The van der Waals surface area contributed by atoms with Gasteiger partial charge in [0, 0.05) is 12.3 Å². The molecule has 1 rings (SSSR count). The standard InChI is InChI=1S/C6H5BN2O3/c1-12-6-5(9(10)11)2-4(7)3-8-6/h2-3H,1H3. The summed E-state index contributed by atoms with van der Waals surface area (Å²) in [6, 6.07) is 1.20. The Morgan fingerprint density at radius 3 is 2.92 bits per heavy atom. The van der Waals surface area contributed by atoms with Crippen molar-refractivity contribution in [3.63, 3.8) is 0 Å². The molecule has 0 saturated carbocycles. The number of ether oxygens (including phenoxy) is 1. The van der Waals surface area contributed by atoms with E-state index in [2.05, 4.69) is 9.72 Å². The summed E-state index contributed by atoms with van der Waals surface area (Å²) in [5, 5.41) is 10.4. The second kappa shape index (κ2) is 3.21. The number of methoxy groups -OCH3 is 1. The van der Waals surface area contributed by atoms with Gasteiger partial charge in [0.05, 0.1) is 12.0 Å². The molecule has 60 valence electrons. The highest BCUT2D eigenvalue weighted by molar-refractivity contribution is 6.32. The van der Waals surface area contributed by atoms with Gasteiger partial charge in [-0.05, 0) is 0 Å². The molecule has 2 radical (unpaired) electrons. The number of nitrogens with zero attached hydrogens (tertiary/aromatic N) is 2. The van der Waals surface area contributed by atoms with Gasteiger partial charge in [0.2, 0.25) is 0 Å². The van der Waals surface area contributed by atoms with Crippen molar-refractivity contribution in [1.82, 2.24) is 4.98 Å². The number of aromatic nitrogens is 1. The Labute approximate surface area is 69.9 Å². The lowest BCUT2D eigenvalue weighted by Gasteiger charge is -1.99. The first-order valence-electron chi connectivity index (χ1n) is 3.09. The molecule has 0 aliphatic heterocycles. The van der Waals surface area contributed by atoms with Gasteiger partial charge < -0.3 is 4.74 Å². The minimum atomic E-state index is -0.595. The molecule has 0 amide bonds. The molecule has 0 fully saturated rings. The zero-order valence-electron chi connectivity index (χ0n) is 6.35. The van der Waals surface area contributed by atoms with Crippen molar-refractivity contribution in [2.24, 2.45) is 0 Å². The van der Waals surface area contributed by atoms with Gasteiger partial charge in [-0.1, -0.05) is 5.46 Å². The van der Waals surface area contributed by atoms with Gasteiger partial charge in [-0.3, -0.25) is 10.1 Å². The molecule has 0 aromatic carbocycles. The van der Waals surface area contributed by atoms with Crippen molar-refractivity contribution in [3.05, 3.63) is 22.4 Å². The Morgan fingerprint density at radius 2 is 2.42 bits per heavy atom. The highest BCUT2D eigenvalue weighted by Gasteiger charge is 2.14. The highest BCUT2D eigenvalue weighted by atomic mass is 16.6. The normalized spacial score (nSPS) is 9.42. The van der Waals surface area contributed by atoms with E-state index >= 15 is 0 Å². The number of nitro groups is 1. The van der Waals surface area contributed by atoms with Crippen LogP contribution < -0.4 is 10.2 Å². The Balaban J connectivity index is 3.21. The van der Waals surface area contributed by atoms with Crippen molar-refractivity contribution < 1.29 is 9.66 Å². The van der Waals surface area contributed by atoms with Crippen LogP contribution in [0.1, 0.15) is 0 Å². The number of rotatable bonds is 2. The average Bonchev–Trinajstić information content (AvgIpc) is 2.04. The summed E-state index contributed by atoms with van der Waals surface area (Å²) < 4.78 is 4.65. The molecule has 1 aromatic rings. The smallest absolute Gasteiger partial charge is 0.330 e. The summed E-state index contributed by atoms with van der Waals surface area (Å²) in [7, 11) is 6.61. The molecule has 0 unspecified atom stereocenters. The van der Waals surface area contributed by atoms with Crippen LogP contribution in [0.2, 0.25) is 0 Å². The van der Waals surface area contributed by atoms with E-state index in [0.717, 1.165) is 0 Å². The third kappa shape index (κ3) is 1.53. The van der Waals surface area contributed by atoms with E-state index in [0.29, 0.717) is 0 Å². The highest BCUT2D eigenvalue weighted by Crippen LogP contribution is 2.20. The second-order valence-corrected chi connectivity index (χ2v) is 2.05. The van der Waals surface area contributed by atoms with Crippen molar-refractivity contribution >= 4 is 19.0 Å². The topological polar surface area (TPSA) is 65.3 Å². The van der Waals surface area contributed by atoms with Crippen LogP contribution in [0.3, 0.4) is 0 Å². The van der Waals surface area contributed by atoms with Crippen LogP contribution in [0.25, 0.3) is 0 Å². The largest absolute Gasteiger partial charge is 0.476 e. The Morgan fingerprint density at radius 1 is 1.75 bits per heavy atom. The molecule has 0 atom stereocenters. The van der Waals surface area contributed by atoms with E-state index in [1.54, 1.807) is 0 Å². The summed E-state index contributed by atoms with van der Waals surface area (Å²) >= 11 is 0. The predicted octanol–water partition coefficient (Wildman–Crippen LogP) is -0.208. The molecule has 0 aliphatic carbocycles. The molecular formula is C6H5BN2O3. The first-order chi connectivity index (χ1) is 5.65. The second-order valence-electron chi connectivity index (χ2n) is 2.05. The van der Waals surface area contributed by atoms with Gasteiger partial charge in [0.25, 0.3) is 5.88 Å². The maximum absolute atomic E-state index is 10.4. The number of hydrogen-bond acceptors (Lipinski definition) is 4. The van der Waals surface area contributed by atoms with E-state index in [4.69, 9.17) is 7.85 Å². The van der Waals surface area contributed by atoms with Gasteiger partial charge in [0.1, 0.15) is 7.85 Å². The van der Waals surface area contributed by atoms with Crippen LogP contribution in [0.4, 0.5) is 5.69 Å². The first kappa shape index (κ1) is 8.51. The molecule has 1 heterocycles. The first-order valence-corrected chi connectivity index (χ1v) is 3.09. The summed E-state index contributed by atoms with van der Waals surface area (Å²) in [6.45, 7) is 0. The number of pyridine rings is 1. The summed E-state index contributed by atoms with van der Waals surface area (Å²) in [6.07, 6.45) is 1.30. The lowest BCUT2D eigenvalue weighted by atomic mass is 9.99. The van der Waals surface area contributed by atoms with E-state index < -0.39 is 4.92 Å². The Bertz CT molecular complexity index is 316. The van der Waals surface area contributed by atoms with Crippen LogP contribution in [0.15, 0.2) is 12.3 Å². The van der Waals surface area contributed by atoms with Crippen LogP contribution in [-0.4, -0.2) is 24.9 Å². The fourth-order valence-corrected chi connectivity index (χ4v) is 0.744. The third-order valence-corrected chi connectivity index (χ3v) is 1.24. The Kier molecular flexibility index (Phi) is 2.28. The van der Waals surface area contributed by atoms with Gasteiger partial charge in [-0.2, -0.15) is 0 Å². The molecular weight excluding hydrogens is 159 g/mol. The summed E-state index contributed by atoms with van der Waals surface area (Å²) in [4.78, 5) is 13.4. The molecule has 0 spiro atoms. The van der Waals surface area contributed by atoms with E-state index in [-0.39, 0.29) is 17.0 Å². The monoisotopic (exact) mass is 164 g/mol. The quantitative estimate of drug-likeness (QED) is 0.344. The van der Waals surface area contributed by atoms with Crippen molar-refractivity contribution in [2.75, 3.05) is 7.11 Å². The summed E-state index contributed by atoms with van der Waals surface area (Å²) in [5.74, 6) is -0.0331.